The summed E-state index contributed by atoms with van der Waals surface area (Å²) in [5.41, 5.74) is 9.09. The first kappa shape index (κ1) is 13.5. The van der Waals surface area contributed by atoms with Gasteiger partial charge < -0.3 is 10.8 Å². The lowest BCUT2D eigenvalue weighted by Gasteiger charge is -2.20. The summed E-state index contributed by atoms with van der Waals surface area (Å²) in [6, 6.07) is 1.67. The standard InChI is InChI=1S/C13H20BrNO/c1-7(2)5-10(15)12-9(4)13(14)8(3)6-11(12)16/h6-7,10,16H,5,15H2,1-4H3. The minimum atomic E-state index is -0.100. The summed E-state index contributed by atoms with van der Waals surface area (Å²) >= 11 is 3.53. The molecule has 0 aliphatic rings. The molecule has 1 aromatic rings. The second kappa shape index (κ2) is 5.19. The first-order valence-corrected chi connectivity index (χ1v) is 6.38. The molecule has 0 heterocycles. The number of benzene rings is 1. The smallest absolute Gasteiger partial charge is 0.120 e. The first-order valence-electron chi connectivity index (χ1n) is 5.58. The molecule has 16 heavy (non-hydrogen) atoms. The zero-order valence-electron chi connectivity index (χ0n) is 10.3. The minimum absolute atomic E-state index is 0.100. The van der Waals surface area contributed by atoms with Gasteiger partial charge >= 0.3 is 0 Å². The van der Waals surface area contributed by atoms with E-state index in [1.165, 1.54) is 0 Å². The maximum absolute atomic E-state index is 9.98. The average Bonchev–Trinajstić information content (AvgIpc) is 2.13. The largest absolute Gasteiger partial charge is 0.508 e. The predicted octanol–water partition coefficient (Wildman–Crippen LogP) is 3.82. The molecule has 3 N–H and O–H groups in total. The Morgan fingerprint density at radius 3 is 2.44 bits per heavy atom. The van der Waals surface area contributed by atoms with Crippen LogP contribution in [0.25, 0.3) is 0 Å². The van der Waals surface area contributed by atoms with Crippen LogP contribution in [-0.4, -0.2) is 5.11 Å². The van der Waals surface area contributed by atoms with Gasteiger partial charge in [0, 0.05) is 16.1 Å². The Morgan fingerprint density at radius 1 is 1.38 bits per heavy atom. The van der Waals surface area contributed by atoms with E-state index in [1.807, 2.05) is 13.8 Å². The number of rotatable bonds is 3. The molecule has 0 aliphatic heterocycles. The third-order valence-corrected chi connectivity index (χ3v) is 4.02. The van der Waals surface area contributed by atoms with Crippen molar-refractivity contribution < 1.29 is 5.11 Å². The molecule has 0 saturated carbocycles. The molecule has 0 fully saturated rings. The van der Waals surface area contributed by atoms with Crippen LogP contribution in [0.15, 0.2) is 10.5 Å². The summed E-state index contributed by atoms with van der Waals surface area (Å²) in [5.74, 6) is 0.834. The fraction of sp³-hybridized carbons (Fsp3) is 0.538. The van der Waals surface area contributed by atoms with Crippen LogP contribution >= 0.6 is 15.9 Å². The summed E-state index contributed by atoms with van der Waals surface area (Å²) in [6.45, 7) is 8.23. The van der Waals surface area contributed by atoms with E-state index >= 15 is 0 Å². The molecule has 1 atom stereocenters. The van der Waals surface area contributed by atoms with Crippen molar-refractivity contribution in [2.45, 2.75) is 40.2 Å². The molecule has 0 radical (unpaired) electrons. The molecule has 0 saturated heterocycles. The van der Waals surface area contributed by atoms with Gasteiger partial charge in [0.1, 0.15) is 5.75 Å². The fourth-order valence-electron chi connectivity index (χ4n) is 2.05. The monoisotopic (exact) mass is 285 g/mol. The lowest BCUT2D eigenvalue weighted by Crippen LogP contribution is -2.15. The fourth-order valence-corrected chi connectivity index (χ4v) is 2.37. The normalized spacial score (nSPS) is 13.2. The second-order valence-electron chi connectivity index (χ2n) is 4.80. The Hall–Kier alpha value is -0.540. The number of halogens is 1. The van der Waals surface area contributed by atoms with Crippen LogP contribution in [0.5, 0.6) is 5.75 Å². The SMILES string of the molecule is Cc1cc(O)c(C(N)CC(C)C)c(C)c1Br. The van der Waals surface area contributed by atoms with Crippen molar-refractivity contribution in [3.05, 3.63) is 27.2 Å². The topological polar surface area (TPSA) is 46.2 Å². The Labute approximate surface area is 106 Å². The van der Waals surface area contributed by atoms with Crippen molar-refractivity contribution >= 4 is 15.9 Å². The van der Waals surface area contributed by atoms with Crippen molar-refractivity contribution in [2.24, 2.45) is 11.7 Å². The van der Waals surface area contributed by atoms with Crippen molar-refractivity contribution in [2.75, 3.05) is 0 Å². The lowest BCUT2D eigenvalue weighted by molar-refractivity contribution is 0.443. The van der Waals surface area contributed by atoms with Gasteiger partial charge in [-0.15, -0.1) is 0 Å². The summed E-state index contributed by atoms with van der Waals surface area (Å²) in [7, 11) is 0. The van der Waals surface area contributed by atoms with Gasteiger partial charge in [0.05, 0.1) is 0 Å². The van der Waals surface area contributed by atoms with Gasteiger partial charge in [0.2, 0.25) is 0 Å². The summed E-state index contributed by atoms with van der Waals surface area (Å²) in [5, 5.41) is 9.98. The Kier molecular flexibility index (Phi) is 4.39. The molecule has 90 valence electrons. The van der Waals surface area contributed by atoms with E-state index in [0.717, 1.165) is 27.6 Å². The molecule has 2 nitrogen and oxygen atoms in total. The summed E-state index contributed by atoms with van der Waals surface area (Å²) < 4.78 is 1.04. The average molecular weight is 286 g/mol. The van der Waals surface area contributed by atoms with Gasteiger partial charge in [-0.05, 0) is 43.4 Å². The molecule has 3 heteroatoms. The summed E-state index contributed by atoms with van der Waals surface area (Å²) in [4.78, 5) is 0. The Bertz CT molecular complexity index is 388. The number of phenols is 1. The van der Waals surface area contributed by atoms with Gasteiger partial charge in [-0.2, -0.15) is 0 Å². The molecule has 0 bridgehead atoms. The zero-order chi connectivity index (χ0) is 12.5. The van der Waals surface area contributed by atoms with Gasteiger partial charge in [0.15, 0.2) is 0 Å². The number of hydrogen-bond acceptors (Lipinski definition) is 2. The van der Waals surface area contributed by atoms with Gasteiger partial charge in [-0.25, -0.2) is 0 Å². The van der Waals surface area contributed by atoms with Crippen LogP contribution < -0.4 is 5.73 Å². The van der Waals surface area contributed by atoms with Crippen LogP contribution in [0.4, 0.5) is 0 Å². The highest BCUT2D eigenvalue weighted by atomic mass is 79.9. The maximum atomic E-state index is 9.98. The van der Waals surface area contributed by atoms with E-state index in [2.05, 4.69) is 29.8 Å². The Balaban J connectivity index is 3.18. The van der Waals surface area contributed by atoms with Crippen LogP contribution in [0, 0.1) is 19.8 Å². The highest BCUT2D eigenvalue weighted by Gasteiger charge is 2.18. The number of hydrogen-bond donors (Lipinski definition) is 2. The molecule has 1 unspecified atom stereocenters. The molecule has 0 amide bonds. The van der Waals surface area contributed by atoms with Crippen LogP contribution in [-0.2, 0) is 0 Å². The zero-order valence-corrected chi connectivity index (χ0v) is 11.9. The van der Waals surface area contributed by atoms with Crippen molar-refractivity contribution in [3.63, 3.8) is 0 Å². The lowest BCUT2D eigenvalue weighted by atomic mass is 9.93. The number of nitrogens with two attached hydrogens (primary N) is 1. The maximum Gasteiger partial charge on any atom is 0.120 e. The molecule has 0 spiro atoms. The van der Waals surface area contributed by atoms with Crippen molar-refractivity contribution in [3.8, 4) is 5.75 Å². The van der Waals surface area contributed by atoms with Gasteiger partial charge in [-0.3, -0.25) is 0 Å². The third kappa shape index (κ3) is 2.77. The minimum Gasteiger partial charge on any atom is -0.508 e. The molecule has 1 aromatic carbocycles. The van der Waals surface area contributed by atoms with E-state index in [9.17, 15) is 5.11 Å². The van der Waals surface area contributed by atoms with Crippen LogP contribution in [0.2, 0.25) is 0 Å². The third-order valence-electron chi connectivity index (χ3n) is 2.80. The van der Waals surface area contributed by atoms with Gasteiger partial charge in [0.25, 0.3) is 0 Å². The molecule has 0 aromatic heterocycles. The van der Waals surface area contributed by atoms with E-state index in [-0.39, 0.29) is 6.04 Å². The highest BCUT2D eigenvalue weighted by Crippen LogP contribution is 2.36. The van der Waals surface area contributed by atoms with Crippen molar-refractivity contribution in [1.29, 1.82) is 0 Å². The predicted molar refractivity (Wildman–Crippen MR) is 71.7 cm³/mol. The van der Waals surface area contributed by atoms with E-state index in [0.29, 0.717) is 11.7 Å². The molecule has 1 rings (SSSR count). The highest BCUT2D eigenvalue weighted by molar-refractivity contribution is 9.10. The second-order valence-corrected chi connectivity index (χ2v) is 5.59. The van der Waals surface area contributed by atoms with E-state index in [1.54, 1.807) is 6.07 Å². The summed E-state index contributed by atoms with van der Waals surface area (Å²) in [6.07, 6.45) is 0.879. The number of phenolic OH excluding ortho intramolecular Hbond substituents is 1. The number of aryl methyl sites for hydroxylation is 1. The van der Waals surface area contributed by atoms with Crippen molar-refractivity contribution in [1.82, 2.24) is 0 Å². The molecular formula is C13H20BrNO. The molecular weight excluding hydrogens is 266 g/mol. The van der Waals surface area contributed by atoms with Crippen LogP contribution in [0.3, 0.4) is 0 Å². The van der Waals surface area contributed by atoms with Crippen LogP contribution in [0.1, 0.15) is 43.0 Å². The van der Waals surface area contributed by atoms with E-state index < -0.39 is 0 Å². The van der Waals surface area contributed by atoms with Gasteiger partial charge in [-0.1, -0.05) is 29.8 Å². The number of aromatic hydroxyl groups is 1. The molecule has 0 aliphatic carbocycles. The first-order chi connectivity index (χ1) is 7.34. The Morgan fingerprint density at radius 2 is 1.94 bits per heavy atom. The quantitative estimate of drug-likeness (QED) is 0.887. The van der Waals surface area contributed by atoms with E-state index in [4.69, 9.17) is 5.73 Å².